The third kappa shape index (κ3) is 6.99. The Morgan fingerprint density at radius 2 is 1.02 bits per heavy atom. The molecule has 0 fully saturated rings. The fourth-order valence-electron chi connectivity index (χ4n) is 4.83. The molecule has 214 valence electrons. The Kier molecular flexibility index (Phi) is 12.1. The summed E-state index contributed by atoms with van der Waals surface area (Å²) in [5, 5.41) is 0. The summed E-state index contributed by atoms with van der Waals surface area (Å²) < 4.78 is 5.94. The summed E-state index contributed by atoms with van der Waals surface area (Å²) >= 11 is 3.53. The van der Waals surface area contributed by atoms with Crippen LogP contribution in [-0.2, 0) is 0 Å². The number of benzene rings is 5. The Morgan fingerprint density at radius 1 is 0.595 bits per heavy atom. The number of thiol groups is 1. The predicted octanol–water partition coefficient (Wildman–Crippen LogP) is 9.66. The van der Waals surface area contributed by atoms with E-state index < -0.39 is 0 Å². The molecule has 5 heteroatoms. The fourth-order valence-corrected chi connectivity index (χ4v) is 4.83. The molecule has 0 aliphatic rings. The van der Waals surface area contributed by atoms with Gasteiger partial charge in [0.05, 0.1) is 12.8 Å². The van der Waals surface area contributed by atoms with Crippen molar-refractivity contribution in [3.05, 3.63) is 126 Å². The zero-order valence-corrected chi connectivity index (χ0v) is 25.6. The lowest BCUT2D eigenvalue weighted by atomic mass is 9.88. The average Bonchev–Trinajstić information content (AvgIpc) is 3.09. The van der Waals surface area contributed by atoms with Crippen LogP contribution in [0.2, 0.25) is 0 Å². The van der Waals surface area contributed by atoms with Crippen LogP contribution in [0.5, 0.6) is 5.75 Å². The van der Waals surface area contributed by atoms with Crippen molar-refractivity contribution >= 4 is 36.6 Å². The molecule has 0 atom stereocenters. The summed E-state index contributed by atoms with van der Waals surface area (Å²) in [6.45, 7) is 4.00. The molecule has 0 aliphatic heterocycles. The van der Waals surface area contributed by atoms with Gasteiger partial charge in [-0.15, -0.1) is 0 Å². The largest absolute Gasteiger partial charge is 0.496 e. The minimum Gasteiger partial charge on any atom is -0.496 e. The van der Waals surface area contributed by atoms with Crippen LogP contribution in [0, 0.1) is 0 Å². The molecule has 5 rings (SSSR count). The third-order valence-electron chi connectivity index (χ3n) is 6.72. The van der Waals surface area contributed by atoms with E-state index in [1.54, 1.807) is 13.4 Å². The highest BCUT2D eigenvalue weighted by Crippen LogP contribution is 2.46. The molecule has 5 aromatic rings. The van der Waals surface area contributed by atoms with Crippen molar-refractivity contribution in [2.45, 2.75) is 13.8 Å². The SMILES string of the molecule is CC.COc1cc(-c2ccccc2)cc(N(C)c2ccccc2)c1-c1c(C=O)cc(-c2ccccc2)cc1C=O.CS. The van der Waals surface area contributed by atoms with Gasteiger partial charge in [-0.05, 0) is 64.9 Å². The van der Waals surface area contributed by atoms with Crippen molar-refractivity contribution in [1.82, 2.24) is 0 Å². The smallest absolute Gasteiger partial charge is 0.150 e. The van der Waals surface area contributed by atoms with E-state index in [-0.39, 0.29) is 0 Å². The van der Waals surface area contributed by atoms with Crippen LogP contribution in [0.15, 0.2) is 115 Å². The van der Waals surface area contributed by atoms with E-state index in [9.17, 15) is 9.59 Å². The lowest BCUT2D eigenvalue weighted by molar-refractivity contribution is 0.112. The van der Waals surface area contributed by atoms with E-state index in [1.807, 2.05) is 130 Å². The summed E-state index contributed by atoms with van der Waals surface area (Å²) in [5.41, 5.74) is 7.57. The molecule has 0 aromatic heterocycles. The van der Waals surface area contributed by atoms with Crippen LogP contribution in [-0.4, -0.2) is 33.0 Å². The quantitative estimate of drug-likeness (QED) is 0.148. The molecule has 0 saturated carbocycles. The lowest BCUT2D eigenvalue weighted by Gasteiger charge is -2.27. The van der Waals surface area contributed by atoms with E-state index in [2.05, 4.69) is 23.6 Å². The van der Waals surface area contributed by atoms with Crippen LogP contribution < -0.4 is 9.64 Å². The number of nitrogens with zero attached hydrogens (tertiary/aromatic N) is 1. The minimum atomic E-state index is 0.418. The molecular formula is C37H37NO3S. The van der Waals surface area contributed by atoms with Crippen molar-refractivity contribution < 1.29 is 14.3 Å². The number of carbonyl (C=O) groups excluding carboxylic acids is 2. The lowest BCUT2D eigenvalue weighted by Crippen LogP contribution is -2.12. The van der Waals surface area contributed by atoms with Crippen LogP contribution >= 0.6 is 12.6 Å². The van der Waals surface area contributed by atoms with Gasteiger partial charge < -0.3 is 9.64 Å². The fraction of sp³-hybridized carbons (Fsp3) is 0.135. The number of hydrogen-bond acceptors (Lipinski definition) is 5. The highest BCUT2D eigenvalue weighted by Gasteiger charge is 2.24. The molecular weight excluding hydrogens is 538 g/mol. The van der Waals surface area contributed by atoms with E-state index in [0.29, 0.717) is 28.0 Å². The first-order valence-corrected chi connectivity index (χ1v) is 14.7. The first-order chi connectivity index (χ1) is 20.6. The molecule has 0 heterocycles. The summed E-state index contributed by atoms with van der Waals surface area (Å²) in [5.74, 6) is 0.572. The Morgan fingerprint density at radius 3 is 1.45 bits per heavy atom. The molecule has 0 unspecified atom stereocenters. The minimum absolute atomic E-state index is 0.418. The van der Waals surface area contributed by atoms with Gasteiger partial charge in [0.2, 0.25) is 0 Å². The standard InChI is InChI=1S/C34H27NO3.C2H6.CH4S/c1-35(30-16-10-5-11-17-30)31-20-27(25-14-8-4-9-15-25)21-32(38-2)34(31)33-28(22-36)18-26(19-29(33)23-37)24-12-6-3-7-13-24;2*1-2/h3-23H,1-2H3;1-2H3;2H,1H3. The maximum absolute atomic E-state index is 12.5. The van der Waals surface area contributed by atoms with Gasteiger partial charge in [-0.1, -0.05) is 92.7 Å². The number of hydrogen-bond donors (Lipinski definition) is 1. The van der Waals surface area contributed by atoms with Crippen molar-refractivity contribution in [3.8, 4) is 39.1 Å². The molecule has 0 bridgehead atoms. The van der Waals surface area contributed by atoms with Gasteiger partial charge in [-0.2, -0.15) is 12.6 Å². The number of aldehydes is 2. The first-order valence-electron chi connectivity index (χ1n) is 13.8. The maximum atomic E-state index is 12.5. The zero-order valence-electron chi connectivity index (χ0n) is 24.7. The Hall–Kier alpha value is -4.61. The van der Waals surface area contributed by atoms with Gasteiger partial charge >= 0.3 is 0 Å². The van der Waals surface area contributed by atoms with Gasteiger partial charge in [-0.25, -0.2) is 0 Å². The van der Waals surface area contributed by atoms with E-state index in [0.717, 1.165) is 46.2 Å². The monoisotopic (exact) mass is 575 g/mol. The summed E-state index contributed by atoms with van der Waals surface area (Å²) in [4.78, 5) is 27.1. The Bertz CT molecular complexity index is 1560. The zero-order chi connectivity index (χ0) is 30.5. The Balaban J connectivity index is 0.00000116. The molecule has 4 nitrogen and oxygen atoms in total. The molecule has 0 aliphatic carbocycles. The number of para-hydroxylation sites is 1. The Labute approximate surface area is 255 Å². The van der Waals surface area contributed by atoms with Crippen molar-refractivity contribution in [3.63, 3.8) is 0 Å². The third-order valence-corrected chi connectivity index (χ3v) is 6.72. The summed E-state index contributed by atoms with van der Waals surface area (Å²) in [6, 6.07) is 37.4. The van der Waals surface area contributed by atoms with Gasteiger partial charge in [0.1, 0.15) is 5.75 Å². The number of carbonyl (C=O) groups is 2. The van der Waals surface area contributed by atoms with Crippen LogP contribution in [0.25, 0.3) is 33.4 Å². The van der Waals surface area contributed by atoms with E-state index in [4.69, 9.17) is 4.74 Å². The second kappa shape index (κ2) is 16.0. The molecule has 5 aromatic carbocycles. The van der Waals surface area contributed by atoms with Gasteiger partial charge in [-0.3, -0.25) is 9.59 Å². The number of anilines is 2. The van der Waals surface area contributed by atoms with E-state index in [1.165, 1.54) is 0 Å². The van der Waals surface area contributed by atoms with Crippen molar-refractivity contribution in [1.29, 1.82) is 0 Å². The number of rotatable bonds is 8. The second-order valence-corrected chi connectivity index (χ2v) is 8.96. The topological polar surface area (TPSA) is 46.6 Å². The molecule has 0 saturated heterocycles. The highest BCUT2D eigenvalue weighted by atomic mass is 32.1. The van der Waals surface area contributed by atoms with Crippen LogP contribution in [0.1, 0.15) is 34.6 Å². The number of methoxy groups -OCH3 is 1. The second-order valence-electron chi connectivity index (χ2n) is 8.96. The predicted molar refractivity (Wildman–Crippen MR) is 181 cm³/mol. The molecule has 42 heavy (non-hydrogen) atoms. The summed E-state index contributed by atoms with van der Waals surface area (Å²) in [7, 11) is 3.58. The van der Waals surface area contributed by atoms with E-state index >= 15 is 0 Å². The maximum Gasteiger partial charge on any atom is 0.150 e. The normalized spacial score (nSPS) is 9.86. The molecule has 0 radical (unpaired) electrons. The first kappa shape index (κ1) is 31.9. The number of ether oxygens (including phenoxy) is 1. The van der Waals surface area contributed by atoms with Gasteiger partial charge in [0, 0.05) is 35.0 Å². The average molecular weight is 576 g/mol. The highest BCUT2D eigenvalue weighted by molar-refractivity contribution is 7.79. The van der Waals surface area contributed by atoms with Crippen molar-refractivity contribution in [2.24, 2.45) is 0 Å². The van der Waals surface area contributed by atoms with Crippen LogP contribution in [0.3, 0.4) is 0 Å². The molecule has 0 N–H and O–H groups in total. The van der Waals surface area contributed by atoms with Crippen molar-refractivity contribution in [2.75, 3.05) is 25.3 Å². The van der Waals surface area contributed by atoms with Gasteiger partial charge in [0.25, 0.3) is 0 Å². The van der Waals surface area contributed by atoms with Crippen LogP contribution in [0.4, 0.5) is 11.4 Å². The summed E-state index contributed by atoms with van der Waals surface area (Å²) in [6.07, 6.45) is 3.32. The van der Waals surface area contributed by atoms with Gasteiger partial charge in [0.15, 0.2) is 12.6 Å². The molecule has 0 amide bonds. The molecule has 0 spiro atoms.